The van der Waals surface area contributed by atoms with Crippen molar-refractivity contribution in [3.63, 3.8) is 0 Å². The maximum Gasteiger partial charge on any atom is 0.226 e. The van der Waals surface area contributed by atoms with Crippen molar-refractivity contribution < 1.29 is 4.74 Å². The highest BCUT2D eigenvalue weighted by Crippen LogP contribution is 2.22. The van der Waals surface area contributed by atoms with Gasteiger partial charge in [-0.05, 0) is 19.3 Å². The maximum absolute atomic E-state index is 5.50. The third-order valence-corrected chi connectivity index (χ3v) is 3.34. The van der Waals surface area contributed by atoms with E-state index in [0.29, 0.717) is 12.0 Å². The van der Waals surface area contributed by atoms with Crippen molar-refractivity contribution >= 4 is 22.8 Å². The van der Waals surface area contributed by atoms with Gasteiger partial charge in [0.05, 0.1) is 24.2 Å². The summed E-state index contributed by atoms with van der Waals surface area (Å²) < 4.78 is 5.50. The van der Waals surface area contributed by atoms with Gasteiger partial charge in [-0.2, -0.15) is 15.1 Å². The van der Waals surface area contributed by atoms with Crippen molar-refractivity contribution in [2.75, 3.05) is 30.4 Å². The predicted octanol–water partition coefficient (Wildman–Crippen LogP) is 1.77. The Morgan fingerprint density at radius 2 is 2.40 bits per heavy atom. The van der Waals surface area contributed by atoms with Gasteiger partial charge in [0.1, 0.15) is 5.82 Å². The molecule has 7 heteroatoms. The Morgan fingerprint density at radius 1 is 1.45 bits per heavy atom. The lowest BCUT2D eigenvalue weighted by Crippen LogP contribution is -2.30. The summed E-state index contributed by atoms with van der Waals surface area (Å²) >= 11 is 0. The van der Waals surface area contributed by atoms with Gasteiger partial charge in [0, 0.05) is 13.2 Å². The molecular weight excluding hydrogens is 256 g/mol. The van der Waals surface area contributed by atoms with E-state index in [1.807, 2.05) is 0 Å². The van der Waals surface area contributed by atoms with Gasteiger partial charge in [-0.25, -0.2) is 0 Å². The minimum atomic E-state index is 0.302. The molecule has 0 spiro atoms. The van der Waals surface area contributed by atoms with Crippen LogP contribution in [-0.4, -0.2) is 46.0 Å². The van der Waals surface area contributed by atoms with E-state index >= 15 is 0 Å². The Hall–Kier alpha value is -1.89. The Morgan fingerprint density at radius 3 is 3.20 bits per heavy atom. The molecule has 0 radical (unpaired) electrons. The number of fused-ring (bicyclic) bond motifs is 1. The molecule has 1 saturated heterocycles. The first kappa shape index (κ1) is 13.1. The molecule has 108 valence electrons. The van der Waals surface area contributed by atoms with Crippen LogP contribution in [0.3, 0.4) is 0 Å². The van der Waals surface area contributed by atoms with Crippen LogP contribution in [0.25, 0.3) is 11.0 Å². The molecule has 1 unspecified atom stereocenters. The van der Waals surface area contributed by atoms with E-state index in [2.05, 4.69) is 37.7 Å². The summed E-state index contributed by atoms with van der Waals surface area (Å²) in [6.07, 6.45) is 4.97. The van der Waals surface area contributed by atoms with Crippen molar-refractivity contribution in [1.82, 2.24) is 20.2 Å². The molecule has 0 saturated carbocycles. The first-order valence-corrected chi connectivity index (χ1v) is 7.16. The molecule has 7 nitrogen and oxygen atoms in total. The number of aromatic amines is 1. The zero-order chi connectivity index (χ0) is 13.8. The van der Waals surface area contributed by atoms with Gasteiger partial charge in [0.25, 0.3) is 0 Å². The van der Waals surface area contributed by atoms with Crippen LogP contribution in [-0.2, 0) is 4.74 Å². The summed E-state index contributed by atoms with van der Waals surface area (Å²) in [4.78, 5) is 8.97. The van der Waals surface area contributed by atoms with Crippen molar-refractivity contribution in [3.8, 4) is 0 Å². The number of aromatic nitrogens is 4. The Kier molecular flexibility index (Phi) is 3.96. The van der Waals surface area contributed by atoms with E-state index in [0.717, 1.165) is 55.9 Å². The number of anilines is 2. The lowest BCUT2D eigenvalue weighted by molar-refractivity contribution is 0.0875. The second-order valence-electron chi connectivity index (χ2n) is 5.01. The molecule has 1 aliphatic heterocycles. The van der Waals surface area contributed by atoms with Crippen molar-refractivity contribution in [2.24, 2.45) is 0 Å². The van der Waals surface area contributed by atoms with E-state index in [1.165, 1.54) is 0 Å². The zero-order valence-electron chi connectivity index (χ0n) is 11.6. The fourth-order valence-electron chi connectivity index (χ4n) is 2.31. The zero-order valence-corrected chi connectivity index (χ0v) is 11.6. The highest BCUT2D eigenvalue weighted by atomic mass is 16.5. The molecule has 0 bridgehead atoms. The normalized spacial score (nSPS) is 19.1. The molecule has 3 N–H and O–H groups in total. The van der Waals surface area contributed by atoms with Crippen LogP contribution in [0, 0.1) is 0 Å². The number of hydrogen-bond acceptors (Lipinski definition) is 6. The average Bonchev–Trinajstić information content (AvgIpc) is 2.95. The SMILES string of the molecule is CCCNc1nc(NC2CCCOC2)c2cn[nH]c2n1. The van der Waals surface area contributed by atoms with Crippen LogP contribution in [0.15, 0.2) is 6.20 Å². The number of rotatable bonds is 5. The Balaban J connectivity index is 1.84. The topological polar surface area (TPSA) is 87.8 Å². The summed E-state index contributed by atoms with van der Waals surface area (Å²) in [7, 11) is 0. The molecule has 1 atom stereocenters. The number of ether oxygens (including phenoxy) is 1. The number of nitrogens with one attached hydrogen (secondary N) is 3. The summed E-state index contributed by atoms with van der Waals surface area (Å²) in [5.74, 6) is 1.45. The first-order chi connectivity index (χ1) is 9.86. The van der Waals surface area contributed by atoms with Gasteiger partial charge in [-0.15, -0.1) is 0 Å². The summed E-state index contributed by atoms with van der Waals surface area (Å²) in [5, 5.41) is 14.5. The molecule has 0 aliphatic carbocycles. The second-order valence-corrected chi connectivity index (χ2v) is 5.01. The van der Waals surface area contributed by atoms with E-state index in [1.54, 1.807) is 6.20 Å². The van der Waals surface area contributed by atoms with Crippen LogP contribution in [0.1, 0.15) is 26.2 Å². The fourth-order valence-corrected chi connectivity index (χ4v) is 2.31. The van der Waals surface area contributed by atoms with E-state index in [-0.39, 0.29) is 0 Å². The standard InChI is InChI=1S/C13H20N6O/c1-2-5-14-13-17-11(10-7-15-19-12(10)18-13)16-9-4-3-6-20-8-9/h7,9H,2-6,8H2,1H3,(H3,14,15,16,17,18,19). The molecule has 20 heavy (non-hydrogen) atoms. The lowest BCUT2D eigenvalue weighted by Gasteiger charge is -2.24. The van der Waals surface area contributed by atoms with E-state index in [9.17, 15) is 0 Å². The fraction of sp³-hybridized carbons (Fsp3) is 0.615. The van der Waals surface area contributed by atoms with Gasteiger partial charge >= 0.3 is 0 Å². The van der Waals surface area contributed by atoms with Gasteiger partial charge in [0.2, 0.25) is 5.95 Å². The Labute approximate surface area is 117 Å². The third kappa shape index (κ3) is 2.82. The van der Waals surface area contributed by atoms with Crippen LogP contribution < -0.4 is 10.6 Å². The highest BCUT2D eigenvalue weighted by molar-refractivity contribution is 5.87. The molecule has 0 amide bonds. The number of nitrogens with zero attached hydrogens (tertiary/aromatic N) is 3. The summed E-state index contributed by atoms with van der Waals surface area (Å²) in [6, 6.07) is 0.302. The van der Waals surface area contributed by atoms with Crippen LogP contribution >= 0.6 is 0 Å². The molecule has 1 fully saturated rings. The Bertz CT molecular complexity index is 563. The van der Waals surface area contributed by atoms with Crippen LogP contribution in [0.5, 0.6) is 0 Å². The largest absolute Gasteiger partial charge is 0.379 e. The van der Waals surface area contributed by atoms with E-state index in [4.69, 9.17) is 4.74 Å². The minimum absolute atomic E-state index is 0.302. The van der Waals surface area contributed by atoms with Crippen LogP contribution in [0.4, 0.5) is 11.8 Å². The molecular formula is C13H20N6O. The van der Waals surface area contributed by atoms with Crippen molar-refractivity contribution in [2.45, 2.75) is 32.2 Å². The monoisotopic (exact) mass is 276 g/mol. The smallest absolute Gasteiger partial charge is 0.226 e. The van der Waals surface area contributed by atoms with Crippen molar-refractivity contribution in [1.29, 1.82) is 0 Å². The molecule has 2 aromatic rings. The lowest BCUT2D eigenvalue weighted by atomic mass is 10.1. The minimum Gasteiger partial charge on any atom is -0.379 e. The highest BCUT2D eigenvalue weighted by Gasteiger charge is 2.17. The molecule has 1 aliphatic rings. The first-order valence-electron chi connectivity index (χ1n) is 7.16. The van der Waals surface area contributed by atoms with Gasteiger partial charge < -0.3 is 15.4 Å². The molecule has 2 aromatic heterocycles. The predicted molar refractivity (Wildman–Crippen MR) is 77.9 cm³/mol. The van der Waals surface area contributed by atoms with Crippen molar-refractivity contribution in [3.05, 3.63) is 6.20 Å². The quantitative estimate of drug-likeness (QED) is 0.771. The second kappa shape index (κ2) is 6.04. The van der Waals surface area contributed by atoms with Gasteiger partial charge in [-0.1, -0.05) is 6.92 Å². The average molecular weight is 276 g/mol. The number of hydrogen-bond donors (Lipinski definition) is 3. The summed E-state index contributed by atoms with van der Waals surface area (Å²) in [6.45, 7) is 4.54. The molecule has 3 heterocycles. The molecule has 3 rings (SSSR count). The maximum atomic E-state index is 5.50. The van der Waals surface area contributed by atoms with Crippen LogP contribution in [0.2, 0.25) is 0 Å². The van der Waals surface area contributed by atoms with E-state index < -0.39 is 0 Å². The summed E-state index contributed by atoms with van der Waals surface area (Å²) in [5.41, 5.74) is 0.748. The van der Waals surface area contributed by atoms with Gasteiger partial charge in [-0.3, -0.25) is 5.10 Å². The number of H-pyrrole nitrogens is 1. The van der Waals surface area contributed by atoms with Gasteiger partial charge in [0.15, 0.2) is 5.65 Å². The molecule has 0 aromatic carbocycles. The third-order valence-electron chi connectivity index (χ3n) is 3.34.